The second-order valence-electron chi connectivity index (χ2n) is 5.57. The van der Waals surface area contributed by atoms with Crippen LogP contribution in [-0.2, 0) is 13.1 Å². The minimum atomic E-state index is 0.687. The molecule has 0 radical (unpaired) electrons. The lowest BCUT2D eigenvalue weighted by Gasteiger charge is -2.08. The molecule has 0 saturated heterocycles. The average molecular weight is 302 g/mol. The van der Waals surface area contributed by atoms with E-state index in [-0.39, 0.29) is 0 Å². The van der Waals surface area contributed by atoms with Crippen LogP contribution in [0.4, 0.5) is 5.69 Å². The fourth-order valence-corrected chi connectivity index (χ4v) is 2.37. The average Bonchev–Trinajstić information content (AvgIpc) is 2.99. The molecule has 2 aromatic carbocycles. The molecule has 0 atom stereocenters. The first kappa shape index (κ1) is 14.9. The minimum absolute atomic E-state index is 0.687. The number of benzene rings is 2. The van der Waals surface area contributed by atoms with Gasteiger partial charge in [0.1, 0.15) is 0 Å². The van der Waals surface area contributed by atoms with Crippen molar-refractivity contribution in [1.29, 1.82) is 5.26 Å². The molecular formula is C19H18N4. The topological polar surface area (TPSA) is 53.6 Å². The third-order valence-electron chi connectivity index (χ3n) is 3.64. The number of aromatic nitrogens is 2. The third kappa shape index (κ3) is 3.98. The molecule has 23 heavy (non-hydrogen) atoms. The maximum absolute atomic E-state index is 8.80. The molecule has 1 N–H and O–H groups in total. The highest BCUT2D eigenvalue weighted by Crippen LogP contribution is 2.13. The minimum Gasteiger partial charge on any atom is -0.381 e. The van der Waals surface area contributed by atoms with Gasteiger partial charge in [-0.1, -0.05) is 24.3 Å². The van der Waals surface area contributed by atoms with Crippen molar-refractivity contribution in [1.82, 2.24) is 9.78 Å². The third-order valence-corrected chi connectivity index (χ3v) is 3.64. The van der Waals surface area contributed by atoms with Gasteiger partial charge in [0, 0.05) is 18.4 Å². The van der Waals surface area contributed by atoms with Crippen LogP contribution in [0.1, 0.15) is 22.3 Å². The van der Waals surface area contributed by atoms with Crippen molar-refractivity contribution in [3.8, 4) is 6.07 Å². The Balaban J connectivity index is 1.57. The van der Waals surface area contributed by atoms with E-state index in [9.17, 15) is 0 Å². The molecule has 0 saturated carbocycles. The molecule has 114 valence electrons. The Morgan fingerprint density at radius 1 is 1.04 bits per heavy atom. The fraction of sp³-hybridized carbons (Fsp3) is 0.158. The Morgan fingerprint density at radius 2 is 1.74 bits per heavy atom. The summed E-state index contributed by atoms with van der Waals surface area (Å²) in [7, 11) is 0. The standard InChI is InChI=1S/C19H18N4/c1-15-11-22-23(13-15)14-18-6-8-19(9-7-18)21-12-17-4-2-16(10-20)3-5-17/h2-9,11,13,21H,12,14H2,1H3. The molecule has 0 amide bonds. The van der Waals surface area contributed by atoms with Gasteiger partial charge in [-0.2, -0.15) is 10.4 Å². The van der Waals surface area contributed by atoms with Gasteiger partial charge in [0.2, 0.25) is 0 Å². The zero-order chi connectivity index (χ0) is 16.1. The predicted molar refractivity (Wildman–Crippen MR) is 91.0 cm³/mol. The van der Waals surface area contributed by atoms with Crippen LogP contribution in [0, 0.1) is 18.3 Å². The Hall–Kier alpha value is -3.06. The van der Waals surface area contributed by atoms with Crippen LogP contribution in [0.3, 0.4) is 0 Å². The van der Waals surface area contributed by atoms with E-state index in [4.69, 9.17) is 5.26 Å². The number of rotatable bonds is 5. The number of anilines is 1. The number of nitrogens with zero attached hydrogens (tertiary/aromatic N) is 3. The second kappa shape index (κ2) is 6.80. The summed E-state index contributed by atoms with van der Waals surface area (Å²) in [6.45, 7) is 3.56. The van der Waals surface area contributed by atoms with E-state index in [1.165, 1.54) is 11.1 Å². The summed E-state index contributed by atoms with van der Waals surface area (Å²) >= 11 is 0. The summed E-state index contributed by atoms with van der Waals surface area (Å²) in [5, 5.41) is 16.5. The Morgan fingerprint density at radius 3 is 2.35 bits per heavy atom. The van der Waals surface area contributed by atoms with E-state index >= 15 is 0 Å². The Bertz CT molecular complexity index is 808. The molecule has 0 fully saturated rings. The first-order chi connectivity index (χ1) is 11.2. The molecule has 0 unspecified atom stereocenters. The van der Waals surface area contributed by atoms with Crippen molar-refractivity contribution in [2.45, 2.75) is 20.0 Å². The molecule has 0 aliphatic carbocycles. The summed E-state index contributed by atoms with van der Waals surface area (Å²) in [6, 6.07) is 18.1. The van der Waals surface area contributed by atoms with Gasteiger partial charge >= 0.3 is 0 Å². The molecule has 4 heteroatoms. The monoisotopic (exact) mass is 302 g/mol. The van der Waals surface area contributed by atoms with Gasteiger partial charge in [0.05, 0.1) is 24.4 Å². The first-order valence-corrected chi connectivity index (χ1v) is 7.54. The van der Waals surface area contributed by atoms with E-state index in [0.717, 1.165) is 24.3 Å². The maximum Gasteiger partial charge on any atom is 0.0991 e. The molecular weight excluding hydrogens is 284 g/mol. The zero-order valence-corrected chi connectivity index (χ0v) is 13.0. The number of nitrogens with one attached hydrogen (secondary N) is 1. The maximum atomic E-state index is 8.80. The van der Waals surface area contributed by atoms with E-state index in [2.05, 4.69) is 40.8 Å². The van der Waals surface area contributed by atoms with E-state index in [1.54, 1.807) is 0 Å². The van der Waals surface area contributed by atoms with Crippen molar-refractivity contribution in [3.63, 3.8) is 0 Å². The molecule has 0 bridgehead atoms. The quantitative estimate of drug-likeness (QED) is 0.781. The van der Waals surface area contributed by atoms with Crippen LogP contribution in [0.25, 0.3) is 0 Å². The number of hydrogen-bond donors (Lipinski definition) is 1. The number of nitriles is 1. The highest BCUT2D eigenvalue weighted by Gasteiger charge is 1.99. The van der Waals surface area contributed by atoms with E-state index in [1.807, 2.05) is 48.3 Å². The van der Waals surface area contributed by atoms with Crippen LogP contribution in [0.5, 0.6) is 0 Å². The first-order valence-electron chi connectivity index (χ1n) is 7.54. The predicted octanol–water partition coefficient (Wildman–Crippen LogP) is 3.72. The van der Waals surface area contributed by atoms with Crippen molar-refractivity contribution < 1.29 is 0 Å². The highest BCUT2D eigenvalue weighted by atomic mass is 15.3. The molecule has 3 rings (SSSR count). The van der Waals surface area contributed by atoms with Crippen molar-refractivity contribution in [3.05, 3.63) is 83.2 Å². The summed E-state index contributed by atoms with van der Waals surface area (Å²) in [4.78, 5) is 0. The zero-order valence-electron chi connectivity index (χ0n) is 13.0. The molecule has 4 nitrogen and oxygen atoms in total. The lowest BCUT2D eigenvalue weighted by molar-refractivity contribution is 0.686. The van der Waals surface area contributed by atoms with Crippen LogP contribution in [-0.4, -0.2) is 9.78 Å². The normalized spacial score (nSPS) is 10.3. The lowest BCUT2D eigenvalue weighted by Crippen LogP contribution is -2.01. The van der Waals surface area contributed by atoms with Crippen LogP contribution >= 0.6 is 0 Å². The molecule has 0 aliphatic heterocycles. The molecule has 1 aromatic heterocycles. The van der Waals surface area contributed by atoms with Gasteiger partial charge in [-0.05, 0) is 47.9 Å². The SMILES string of the molecule is Cc1cnn(Cc2ccc(NCc3ccc(C#N)cc3)cc2)c1. The van der Waals surface area contributed by atoms with Crippen molar-refractivity contribution in [2.24, 2.45) is 0 Å². The van der Waals surface area contributed by atoms with Crippen molar-refractivity contribution >= 4 is 5.69 Å². The van der Waals surface area contributed by atoms with Crippen LogP contribution in [0.15, 0.2) is 60.9 Å². The van der Waals surface area contributed by atoms with Gasteiger partial charge in [-0.15, -0.1) is 0 Å². The van der Waals surface area contributed by atoms with Gasteiger partial charge in [-0.25, -0.2) is 0 Å². The van der Waals surface area contributed by atoms with Crippen LogP contribution in [0.2, 0.25) is 0 Å². The van der Waals surface area contributed by atoms with E-state index in [0.29, 0.717) is 5.56 Å². The molecule has 3 aromatic rings. The van der Waals surface area contributed by atoms with Crippen LogP contribution < -0.4 is 5.32 Å². The smallest absolute Gasteiger partial charge is 0.0991 e. The fourth-order valence-electron chi connectivity index (χ4n) is 2.37. The van der Waals surface area contributed by atoms with Crippen molar-refractivity contribution in [2.75, 3.05) is 5.32 Å². The largest absolute Gasteiger partial charge is 0.381 e. The summed E-state index contributed by atoms with van der Waals surface area (Å²) < 4.78 is 1.94. The summed E-state index contributed by atoms with van der Waals surface area (Å²) in [5.74, 6) is 0. The summed E-state index contributed by atoms with van der Waals surface area (Å²) in [6.07, 6.45) is 3.91. The highest BCUT2D eigenvalue weighted by molar-refractivity contribution is 5.45. The Labute approximate surface area is 136 Å². The van der Waals surface area contributed by atoms with Gasteiger partial charge in [0.15, 0.2) is 0 Å². The second-order valence-corrected chi connectivity index (χ2v) is 5.57. The van der Waals surface area contributed by atoms with Gasteiger partial charge in [-0.3, -0.25) is 4.68 Å². The Kier molecular flexibility index (Phi) is 4.39. The number of hydrogen-bond acceptors (Lipinski definition) is 3. The number of aryl methyl sites for hydroxylation is 1. The molecule has 0 spiro atoms. The lowest BCUT2D eigenvalue weighted by atomic mass is 10.1. The summed E-state index contributed by atoms with van der Waals surface area (Å²) in [5.41, 5.74) is 5.31. The van der Waals surface area contributed by atoms with Gasteiger partial charge < -0.3 is 5.32 Å². The van der Waals surface area contributed by atoms with E-state index < -0.39 is 0 Å². The van der Waals surface area contributed by atoms with Gasteiger partial charge in [0.25, 0.3) is 0 Å². The molecule has 0 aliphatic rings. The molecule has 1 heterocycles.